The molecule has 2 aromatic carbocycles. The maximum Gasteiger partial charge on any atom is 0.387 e. The molecule has 0 saturated carbocycles. The summed E-state index contributed by atoms with van der Waals surface area (Å²) in [4.78, 5) is 16.2. The van der Waals surface area contributed by atoms with Crippen LogP contribution in [0, 0.1) is 0 Å². The third-order valence-electron chi connectivity index (χ3n) is 4.06. The number of rotatable bonds is 9. The highest BCUT2D eigenvalue weighted by Crippen LogP contribution is 2.20. The van der Waals surface area contributed by atoms with E-state index in [1.54, 1.807) is 18.3 Å². The number of aromatic nitrogens is 1. The van der Waals surface area contributed by atoms with Gasteiger partial charge in [-0.3, -0.25) is 4.79 Å². The lowest BCUT2D eigenvalue weighted by molar-refractivity contribution is -0.121. The van der Waals surface area contributed by atoms with Crippen LogP contribution in [-0.4, -0.2) is 24.0 Å². The summed E-state index contributed by atoms with van der Waals surface area (Å²) in [5.74, 6) is 1.21. The molecule has 1 aromatic heterocycles. The molecule has 7 heteroatoms. The van der Waals surface area contributed by atoms with Gasteiger partial charge >= 0.3 is 6.61 Å². The smallest absolute Gasteiger partial charge is 0.387 e. The van der Waals surface area contributed by atoms with Crippen molar-refractivity contribution in [1.82, 2.24) is 10.3 Å². The number of aryl methyl sites for hydroxylation is 1. The molecule has 1 N–H and O–H groups in total. The molecule has 3 rings (SSSR count). The first-order valence-electron chi connectivity index (χ1n) is 8.91. The largest absolute Gasteiger partial charge is 0.441 e. The standard InChI is InChI=1S/C21H20F2N2O3/c22-21(23)27-17-8-6-15(7-9-17)12-13-24-19(26)10-11-20-25-14-18(28-20)16-4-2-1-3-5-16/h1-9,14,21H,10-13H2,(H,24,26). The summed E-state index contributed by atoms with van der Waals surface area (Å²) in [5.41, 5.74) is 1.86. The molecule has 0 radical (unpaired) electrons. The molecule has 1 heterocycles. The Labute approximate surface area is 161 Å². The number of nitrogens with zero attached hydrogens (tertiary/aromatic N) is 1. The molecule has 28 heavy (non-hydrogen) atoms. The van der Waals surface area contributed by atoms with Gasteiger partial charge in [-0.2, -0.15) is 8.78 Å². The van der Waals surface area contributed by atoms with E-state index in [0.29, 0.717) is 31.0 Å². The van der Waals surface area contributed by atoms with Gasteiger partial charge in [0.05, 0.1) is 6.20 Å². The number of hydrogen-bond donors (Lipinski definition) is 1. The number of halogens is 2. The van der Waals surface area contributed by atoms with Gasteiger partial charge in [0, 0.05) is 24.9 Å². The van der Waals surface area contributed by atoms with Gasteiger partial charge in [-0.25, -0.2) is 4.98 Å². The van der Waals surface area contributed by atoms with E-state index in [1.165, 1.54) is 12.1 Å². The first-order valence-corrected chi connectivity index (χ1v) is 8.91. The third-order valence-corrected chi connectivity index (χ3v) is 4.06. The zero-order chi connectivity index (χ0) is 19.8. The topological polar surface area (TPSA) is 64.4 Å². The van der Waals surface area contributed by atoms with E-state index in [4.69, 9.17) is 4.42 Å². The molecule has 0 bridgehead atoms. The lowest BCUT2D eigenvalue weighted by atomic mass is 10.1. The lowest BCUT2D eigenvalue weighted by Crippen LogP contribution is -2.25. The Bertz CT molecular complexity index is 880. The first kappa shape index (κ1) is 19.5. The lowest BCUT2D eigenvalue weighted by Gasteiger charge is -2.07. The van der Waals surface area contributed by atoms with Crippen LogP contribution in [0.3, 0.4) is 0 Å². The molecular weight excluding hydrogens is 366 g/mol. The van der Waals surface area contributed by atoms with Crippen LogP contribution in [0.5, 0.6) is 5.75 Å². The molecular formula is C21H20F2N2O3. The number of ether oxygens (including phenoxy) is 1. The van der Waals surface area contributed by atoms with Crippen molar-refractivity contribution < 1.29 is 22.7 Å². The number of hydrogen-bond acceptors (Lipinski definition) is 4. The van der Waals surface area contributed by atoms with Crippen LogP contribution >= 0.6 is 0 Å². The Morgan fingerprint density at radius 2 is 1.82 bits per heavy atom. The second-order valence-corrected chi connectivity index (χ2v) is 6.11. The van der Waals surface area contributed by atoms with E-state index in [0.717, 1.165) is 11.1 Å². The van der Waals surface area contributed by atoms with Gasteiger partial charge in [0.25, 0.3) is 0 Å². The van der Waals surface area contributed by atoms with Gasteiger partial charge in [0.2, 0.25) is 5.91 Å². The molecule has 146 valence electrons. The minimum atomic E-state index is -2.84. The van der Waals surface area contributed by atoms with Crippen molar-refractivity contribution in [3.8, 4) is 17.1 Å². The second-order valence-electron chi connectivity index (χ2n) is 6.11. The molecule has 0 atom stereocenters. The molecule has 0 spiro atoms. The Kier molecular flexibility index (Phi) is 6.73. The highest BCUT2D eigenvalue weighted by atomic mass is 19.3. The van der Waals surface area contributed by atoms with Crippen molar-refractivity contribution in [2.75, 3.05) is 6.54 Å². The molecule has 0 aliphatic heterocycles. The molecule has 0 aliphatic carbocycles. The molecule has 0 aliphatic rings. The Hall–Kier alpha value is -3.22. The summed E-state index contributed by atoms with van der Waals surface area (Å²) >= 11 is 0. The van der Waals surface area contributed by atoms with Crippen LogP contribution in [0.1, 0.15) is 17.9 Å². The summed E-state index contributed by atoms with van der Waals surface area (Å²) < 4.78 is 34.2. The minimum Gasteiger partial charge on any atom is -0.441 e. The summed E-state index contributed by atoms with van der Waals surface area (Å²) in [6.07, 6.45) is 2.94. The molecule has 1 amide bonds. The fourth-order valence-corrected chi connectivity index (χ4v) is 2.65. The second kappa shape index (κ2) is 9.64. The number of carbonyl (C=O) groups excluding carboxylic acids is 1. The van der Waals surface area contributed by atoms with Crippen molar-refractivity contribution in [2.45, 2.75) is 25.9 Å². The normalized spacial score (nSPS) is 10.8. The zero-order valence-corrected chi connectivity index (χ0v) is 15.1. The summed E-state index contributed by atoms with van der Waals surface area (Å²) in [7, 11) is 0. The van der Waals surface area contributed by atoms with E-state index < -0.39 is 6.61 Å². The van der Waals surface area contributed by atoms with Gasteiger partial charge in [0.1, 0.15) is 5.75 Å². The predicted molar refractivity (Wildman–Crippen MR) is 100 cm³/mol. The maximum atomic E-state index is 12.1. The molecule has 3 aromatic rings. The van der Waals surface area contributed by atoms with Gasteiger partial charge < -0.3 is 14.5 Å². The molecule has 0 unspecified atom stereocenters. The Morgan fingerprint density at radius 1 is 1.07 bits per heavy atom. The number of nitrogens with one attached hydrogen (secondary N) is 1. The van der Waals surface area contributed by atoms with E-state index in [-0.39, 0.29) is 18.1 Å². The highest BCUT2D eigenvalue weighted by Gasteiger charge is 2.09. The Morgan fingerprint density at radius 3 is 2.54 bits per heavy atom. The summed E-state index contributed by atoms with van der Waals surface area (Å²) in [6, 6.07) is 16.0. The Balaban J connectivity index is 1.38. The number of benzene rings is 2. The van der Waals surface area contributed by atoms with Gasteiger partial charge in [-0.05, 0) is 24.1 Å². The summed E-state index contributed by atoms with van der Waals surface area (Å²) in [5, 5.41) is 2.83. The van der Waals surface area contributed by atoms with E-state index in [9.17, 15) is 13.6 Å². The van der Waals surface area contributed by atoms with Gasteiger partial charge in [0.15, 0.2) is 11.7 Å². The minimum absolute atomic E-state index is 0.0999. The van der Waals surface area contributed by atoms with Gasteiger partial charge in [-0.15, -0.1) is 0 Å². The quantitative estimate of drug-likeness (QED) is 0.598. The molecule has 5 nitrogen and oxygen atoms in total. The molecule has 0 fully saturated rings. The van der Waals surface area contributed by atoms with Crippen LogP contribution in [0.15, 0.2) is 65.2 Å². The van der Waals surface area contributed by atoms with Crippen molar-refractivity contribution in [3.05, 3.63) is 72.2 Å². The first-order chi connectivity index (χ1) is 13.6. The average molecular weight is 386 g/mol. The fraction of sp³-hybridized carbons (Fsp3) is 0.238. The fourth-order valence-electron chi connectivity index (χ4n) is 2.65. The summed E-state index contributed by atoms with van der Waals surface area (Å²) in [6.45, 7) is -2.38. The number of oxazole rings is 1. The predicted octanol–water partition coefficient (Wildman–Crippen LogP) is 4.23. The van der Waals surface area contributed by atoms with Crippen molar-refractivity contribution in [1.29, 1.82) is 0 Å². The van der Waals surface area contributed by atoms with Crippen LogP contribution in [0.4, 0.5) is 8.78 Å². The van der Waals surface area contributed by atoms with Crippen LogP contribution < -0.4 is 10.1 Å². The number of carbonyl (C=O) groups is 1. The van der Waals surface area contributed by atoms with Crippen molar-refractivity contribution >= 4 is 5.91 Å². The SMILES string of the molecule is O=C(CCc1ncc(-c2ccccc2)o1)NCCc1ccc(OC(F)F)cc1. The van der Waals surface area contributed by atoms with Crippen LogP contribution in [-0.2, 0) is 17.6 Å². The van der Waals surface area contributed by atoms with Gasteiger partial charge in [-0.1, -0.05) is 42.5 Å². The monoisotopic (exact) mass is 386 g/mol. The van der Waals surface area contributed by atoms with E-state index >= 15 is 0 Å². The average Bonchev–Trinajstić information content (AvgIpc) is 3.17. The van der Waals surface area contributed by atoms with Crippen molar-refractivity contribution in [3.63, 3.8) is 0 Å². The van der Waals surface area contributed by atoms with Crippen LogP contribution in [0.2, 0.25) is 0 Å². The van der Waals surface area contributed by atoms with E-state index in [2.05, 4.69) is 15.0 Å². The third kappa shape index (κ3) is 5.90. The zero-order valence-electron chi connectivity index (χ0n) is 15.1. The number of alkyl halides is 2. The number of amides is 1. The molecule has 0 saturated heterocycles. The van der Waals surface area contributed by atoms with Crippen molar-refractivity contribution in [2.24, 2.45) is 0 Å². The highest BCUT2D eigenvalue weighted by molar-refractivity contribution is 5.76. The van der Waals surface area contributed by atoms with Crippen LogP contribution in [0.25, 0.3) is 11.3 Å². The van der Waals surface area contributed by atoms with E-state index in [1.807, 2.05) is 30.3 Å². The maximum absolute atomic E-state index is 12.1.